The summed E-state index contributed by atoms with van der Waals surface area (Å²) in [5, 5.41) is 0.791. The molecule has 3 aromatic rings. The van der Waals surface area contributed by atoms with Crippen LogP contribution in [0.4, 0.5) is 5.13 Å². The van der Waals surface area contributed by atoms with Crippen LogP contribution in [-0.4, -0.2) is 42.0 Å². The van der Waals surface area contributed by atoms with Crippen molar-refractivity contribution in [3.63, 3.8) is 0 Å². The maximum atomic E-state index is 13.1. The van der Waals surface area contributed by atoms with Crippen molar-refractivity contribution < 1.29 is 4.79 Å². The maximum absolute atomic E-state index is 13.1. The summed E-state index contributed by atoms with van der Waals surface area (Å²) in [6.45, 7) is 7.78. The van der Waals surface area contributed by atoms with Gasteiger partial charge in [0.2, 0.25) is 5.91 Å². The van der Waals surface area contributed by atoms with E-state index in [-0.39, 0.29) is 18.3 Å². The SMILES string of the molecule is CCN(CC)CCN(C(=O)Cc1ccccc1)c1nc2ccccc2s1.Cl. The van der Waals surface area contributed by atoms with E-state index in [4.69, 9.17) is 4.98 Å². The maximum Gasteiger partial charge on any atom is 0.233 e. The number of carbonyl (C=O) groups excluding carboxylic acids is 1. The summed E-state index contributed by atoms with van der Waals surface area (Å²) in [5.41, 5.74) is 1.99. The Bertz CT molecular complexity index is 816. The van der Waals surface area contributed by atoms with Crippen LogP contribution in [-0.2, 0) is 11.2 Å². The van der Waals surface area contributed by atoms with Gasteiger partial charge in [0.05, 0.1) is 16.6 Å². The molecule has 0 unspecified atom stereocenters. The number of benzene rings is 2. The summed E-state index contributed by atoms with van der Waals surface area (Å²) >= 11 is 1.59. The Morgan fingerprint density at radius 1 is 0.963 bits per heavy atom. The van der Waals surface area contributed by atoms with Gasteiger partial charge in [-0.15, -0.1) is 12.4 Å². The highest BCUT2D eigenvalue weighted by Crippen LogP contribution is 2.29. The van der Waals surface area contributed by atoms with Gasteiger partial charge in [0.1, 0.15) is 0 Å². The summed E-state index contributed by atoms with van der Waals surface area (Å²) in [6.07, 6.45) is 0.398. The second kappa shape index (κ2) is 10.4. The number of rotatable bonds is 8. The van der Waals surface area contributed by atoms with E-state index in [0.717, 1.165) is 40.5 Å². The van der Waals surface area contributed by atoms with Gasteiger partial charge >= 0.3 is 0 Å². The molecule has 0 saturated carbocycles. The van der Waals surface area contributed by atoms with Gasteiger partial charge in [-0.3, -0.25) is 9.69 Å². The average Bonchev–Trinajstić information content (AvgIpc) is 3.09. The van der Waals surface area contributed by atoms with Gasteiger partial charge in [0.25, 0.3) is 0 Å². The smallest absolute Gasteiger partial charge is 0.233 e. The second-order valence-corrected chi connectivity index (χ2v) is 7.21. The summed E-state index contributed by atoms with van der Waals surface area (Å²) < 4.78 is 1.11. The molecule has 144 valence electrons. The Balaban J connectivity index is 0.00000261. The highest BCUT2D eigenvalue weighted by molar-refractivity contribution is 7.22. The van der Waals surface area contributed by atoms with Crippen molar-refractivity contribution >= 4 is 45.0 Å². The number of aromatic nitrogens is 1. The van der Waals surface area contributed by atoms with Gasteiger partial charge in [-0.25, -0.2) is 4.98 Å². The molecule has 0 bridgehead atoms. The third-order valence-electron chi connectivity index (χ3n) is 4.55. The highest BCUT2D eigenvalue weighted by Gasteiger charge is 2.20. The second-order valence-electron chi connectivity index (χ2n) is 6.20. The van der Waals surface area contributed by atoms with E-state index in [1.165, 1.54) is 0 Å². The number of hydrogen-bond acceptors (Lipinski definition) is 4. The number of likely N-dealkylation sites (N-methyl/N-ethyl adjacent to an activating group) is 1. The van der Waals surface area contributed by atoms with Crippen LogP contribution in [0.3, 0.4) is 0 Å². The molecule has 1 aromatic heterocycles. The third-order valence-corrected chi connectivity index (χ3v) is 5.61. The summed E-state index contributed by atoms with van der Waals surface area (Å²) in [6, 6.07) is 18.0. The molecule has 0 N–H and O–H groups in total. The molecule has 0 aliphatic heterocycles. The molecule has 27 heavy (non-hydrogen) atoms. The van der Waals surface area contributed by atoms with Crippen molar-refractivity contribution in [3.05, 3.63) is 60.2 Å². The van der Waals surface area contributed by atoms with Crippen LogP contribution < -0.4 is 4.90 Å². The first-order chi connectivity index (χ1) is 12.7. The van der Waals surface area contributed by atoms with Crippen LogP contribution in [0.25, 0.3) is 10.2 Å². The third kappa shape index (κ3) is 5.51. The number of thiazole rings is 1. The van der Waals surface area contributed by atoms with Crippen LogP contribution in [0.5, 0.6) is 0 Å². The molecule has 1 heterocycles. The number of nitrogens with zero attached hydrogens (tertiary/aromatic N) is 3. The molecule has 0 radical (unpaired) electrons. The van der Waals surface area contributed by atoms with Gasteiger partial charge in [0, 0.05) is 13.1 Å². The standard InChI is InChI=1S/C21H25N3OS.ClH/c1-3-23(4-2)14-15-24(20(25)16-17-10-6-5-7-11-17)21-22-18-12-8-9-13-19(18)26-21;/h5-13H,3-4,14-16H2,1-2H3;1H. The molecule has 6 heteroatoms. The fourth-order valence-corrected chi connectivity index (χ4v) is 3.96. The van der Waals surface area contributed by atoms with Crippen molar-refractivity contribution in [2.75, 3.05) is 31.1 Å². The van der Waals surface area contributed by atoms with Gasteiger partial charge in [-0.05, 0) is 30.8 Å². The van der Waals surface area contributed by atoms with E-state index in [0.29, 0.717) is 13.0 Å². The predicted molar refractivity (Wildman–Crippen MR) is 117 cm³/mol. The number of para-hydroxylation sites is 1. The lowest BCUT2D eigenvalue weighted by Gasteiger charge is -2.24. The molecule has 0 aliphatic carbocycles. The zero-order valence-corrected chi connectivity index (χ0v) is 17.4. The van der Waals surface area contributed by atoms with Gasteiger partial charge < -0.3 is 4.90 Å². The highest BCUT2D eigenvalue weighted by atomic mass is 35.5. The van der Waals surface area contributed by atoms with E-state index < -0.39 is 0 Å². The average molecular weight is 404 g/mol. The van der Waals surface area contributed by atoms with E-state index in [1.807, 2.05) is 53.4 Å². The van der Waals surface area contributed by atoms with Crippen molar-refractivity contribution in [3.8, 4) is 0 Å². The molecule has 4 nitrogen and oxygen atoms in total. The Morgan fingerprint density at radius 2 is 1.63 bits per heavy atom. The Hall–Kier alpha value is -1.95. The van der Waals surface area contributed by atoms with Gasteiger partial charge in [-0.2, -0.15) is 0 Å². The van der Waals surface area contributed by atoms with Crippen LogP contribution in [0.2, 0.25) is 0 Å². The Morgan fingerprint density at radius 3 is 2.30 bits per heavy atom. The van der Waals surface area contributed by atoms with Crippen molar-refractivity contribution in [1.29, 1.82) is 0 Å². The monoisotopic (exact) mass is 403 g/mol. The topological polar surface area (TPSA) is 36.4 Å². The molecule has 0 fully saturated rings. The molecule has 0 atom stereocenters. The van der Waals surface area contributed by atoms with Crippen LogP contribution in [0.1, 0.15) is 19.4 Å². The molecule has 2 aromatic carbocycles. The number of anilines is 1. The zero-order chi connectivity index (χ0) is 18.4. The fraction of sp³-hybridized carbons (Fsp3) is 0.333. The minimum absolute atomic E-state index is 0. The normalized spacial score (nSPS) is 10.8. The molecule has 0 aliphatic rings. The van der Waals surface area contributed by atoms with E-state index >= 15 is 0 Å². The van der Waals surface area contributed by atoms with Gasteiger partial charge in [-0.1, -0.05) is 67.6 Å². The predicted octanol–water partition coefficient (Wildman–Crippen LogP) is 4.64. The largest absolute Gasteiger partial charge is 0.302 e. The number of fused-ring (bicyclic) bond motifs is 1. The lowest BCUT2D eigenvalue weighted by Crippen LogP contribution is -2.39. The first-order valence-corrected chi connectivity index (χ1v) is 9.95. The minimum atomic E-state index is 0. The molecular formula is C21H26ClN3OS. The first kappa shape index (κ1) is 21.4. The summed E-state index contributed by atoms with van der Waals surface area (Å²) in [5.74, 6) is 0.0995. The number of halogens is 1. The van der Waals surface area contributed by atoms with E-state index in [2.05, 4.69) is 24.8 Å². The molecular weight excluding hydrogens is 378 g/mol. The van der Waals surface area contributed by atoms with Crippen LogP contribution in [0, 0.1) is 0 Å². The van der Waals surface area contributed by atoms with Crippen LogP contribution >= 0.6 is 23.7 Å². The quantitative estimate of drug-likeness (QED) is 0.550. The van der Waals surface area contributed by atoms with Crippen molar-refractivity contribution in [2.24, 2.45) is 0 Å². The molecule has 0 spiro atoms. The molecule has 1 amide bonds. The summed E-state index contributed by atoms with van der Waals surface area (Å²) in [4.78, 5) is 22.0. The molecule has 3 rings (SSSR count). The molecule has 0 saturated heterocycles. The number of amides is 1. The van der Waals surface area contributed by atoms with Gasteiger partial charge in [0.15, 0.2) is 5.13 Å². The lowest BCUT2D eigenvalue weighted by atomic mass is 10.1. The van der Waals surface area contributed by atoms with Crippen LogP contribution in [0.15, 0.2) is 54.6 Å². The number of hydrogen-bond donors (Lipinski definition) is 0. The van der Waals surface area contributed by atoms with Crippen molar-refractivity contribution in [2.45, 2.75) is 20.3 Å². The lowest BCUT2D eigenvalue weighted by molar-refractivity contribution is -0.118. The fourth-order valence-electron chi connectivity index (χ4n) is 2.95. The van der Waals surface area contributed by atoms with E-state index in [1.54, 1.807) is 11.3 Å². The Labute approximate surface area is 171 Å². The Kier molecular flexibility index (Phi) is 8.23. The first-order valence-electron chi connectivity index (χ1n) is 9.13. The minimum Gasteiger partial charge on any atom is -0.302 e. The summed E-state index contributed by atoms with van der Waals surface area (Å²) in [7, 11) is 0. The van der Waals surface area contributed by atoms with E-state index in [9.17, 15) is 4.79 Å². The zero-order valence-electron chi connectivity index (χ0n) is 15.8. The van der Waals surface area contributed by atoms with Crippen molar-refractivity contribution in [1.82, 2.24) is 9.88 Å². The number of carbonyl (C=O) groups is 1.